The van der Waals surface area contributed by atoms with Crippen LogP contribution in [-0.4, -0.2) is 63.9 Å². The van der Waals surface area contributed by atoms with Crippen LogP contribution >= 0.6 is 0 Å². The SMILES string of the molecule is CN=C(NCC(c1ccc(OC)cc1)N1CCOCC1)NC1CC1c1c(F)cccc1F. The molecule has 32 heavy (non-hydrogen) atoms. The van der Waals surface area contributed by atoms with E-state index in [0.29, 0.717) is 32.1 Å². The van der Waals surface area contributed by atoms with Crippen LogP contribution < -0.4 is 15.4 Å². The number of guanidine groups is 1. The second-order valence-electron chi connectivity index (χ2n) is 8.12. The van der Waals surface area contributed by atoms with Gasteiger partial charge in [0, 0.05) is 44.2 Å². The molecule has 2 fully saturated rings. The molecule has 6 nitrogen and oxygen atoms in total. The van der Waals surface area contributed by atoms with Gasteiger partial charge in [-0.05, 0) is 36.2 Å². The molecule has 1 saturated carbocycles. The Morgan fingerprint density at radius 2 is 1.84 bits per heavy atom. The van der Waals surface area contributed by atoms with Crippen molar-refractivity contribution >= 4 is 5.96 Å². The van der Waals surface area contributed by atoms with Gasteiger partial charge in [0.15, 0.2) is 5.96 Å². The number of nitrogens with zero attached hydrogens (tertiary/aromatic N) is 2. The van der Waals surface area contributed by atoms with Crippen molar-refractivity contribution in [3.05, 3.63) is 65.2 Å². The molecule has 2 aromatic carbocycles. The molecule has 1 aliphatic carbocycles. The van der Waals surface area contributed by atoms with Gasteiger partial charge in [-0.3, -0.25) is 9.89 Å². The Kier molecular flexibility index (Phi) is 7.22. The Bertz CT molecular complexity index is 912. The van der Waals surface area contributed by atoms with Crippen LogP contribution in [0.15, 0.2) is 47.5 Å². The lowest BCUT2D eigenvalue weighted by Crippen LogP contribution is -2.46. The van der Waals surface area contributed by atoms with Gasteiger partial charge in [0.1, 0.15) is 17.4 Å². The lowest BCUT2D eigenvalue weighted by Gasteiger charge is -2.35. The Morgan fingerprint density at radius 3 is 2.47 bits per heavy atom. The maximum absolute atomic E-state index is 14.1. The summed E-state index contributed by atoms with van der Waals surface area (Å²) in [5.41, 5.74) is 1.33. The first-order valence-corrected chi connectivity index (χ1v) is 11.0. The van der Waals surface area contributed by atoms with Crippen LogP contribution in [0.2, 0.25) is 0 Å². The molecule has 0 amide bonds. The van der Waals surface area contributed by atoms with Crippen molar-refractivity contribution < 1.29 is 18.3 Å². The Balaban J connectivity index is 1.40. The van der Waals surface area contributed by atoms with E-state index in [1.54, 1.807) is 14.2 Å². The van der Waals surface area contributed by atoms with Crippen molar-refractivity contribution in [2.45, 2.75) is 24.4 Å². The molecule has 1 saturated heterocycles. The Hall–Kier alpha value is -2.71. The second kappa shape index (κ2) is 10.3. The summed E-state index contributed by atoms with van der Waals surface area (Å²) in [5.74, 6) is 0.274. The first kappa shape index (κ1) is 22.5. The number of methoxy groups -OCH3 is 1. The van der Waals surface area contributed by atoms with E-state index in [0.717, 1.165) is 18.8 Å². The Labute approximate surface area is 187 Å². The van der Waals surface area contributed by atoms with Gasteiger partial charge in [-0.25, -0.2) is 8.78 Å². The lowest BCUT2D eigenvalue weighted by molar-refractivity contribution is 0.0170. The van der Waals surface area contributed by atoms with Crippen molar-refractivity contribution in [3.63, 3.8) is 0 Å². The lowest BCUT2D eigenvalue weighted by atomic mass is 10.0. The fraction of sp³-hybridized carbons (Fsp3) is 0.458. The van der Waals surface area contributed by atoms with Crippen LogP contribution in [-0.2, 0) is 4.74 Å². The number of aliphatic imine (C=N–C) groups is 1. The minimum absolute atomic E-state index is 0.0459. The van der Waals surface area contributed by atoms with Crippen LogP contribution in [0.3, 0.4) is 0 Å². The van der Waals surface area contributed by atoms with Crippen molar-refractivity contribution in [2.24, 2.45) is 4.99 Å². The average Bonchev–Trinajstić information content (AvgIpc) is 3.57. The van der Waals surface area contributed by atoms with E-state index in [1.165, 1.54) is 23.8 Å². The number of rotatable bonds is 7. The second-order valence-corrected chi connectivity index (χ2v) is 8.12. The predicted molar refractivity (Wildman–Crippen MR) is 120 cm³/mol. The van der Waals surface area contributed by atoms with Crippen LogP contribution in [0.1, 0.15) is 29.5 Å². The molecule has 4 rings (SSSR count). The summed E-state index contributed by atoms with van der Waals surface area (Å²) in [7, 11) is 3.36. The quantitative estimate of drug-likeness (QED) is 0.508. The van der Waals surface area contributed by atoms with Gasteiger partial charge in [0.2, 0.25) is 0 Å². The minimum atomic E-state index is -0.492. The highest BCUT2D eigenvalue weighted by molar-refractivity contribution is 5.80. The molecular weight excluding hydrogens is 414 g/mol. The molecule has 3 unspecified atom stereocenters. The van der Waals surface area contributed by atoms with Gasteiger partial charge in [0.25, 0.3) is 0 Å². The topological polar surface area (TPSA) is 58.1 Å². The van der Waals surface area contributed by atoms with E-state index in [1.807, 2.05) is 12.1 Å². The third kappa shape index (κ3) is 5.19. The highest BCUT2D eigenvalue weighted by Crippen LogP contribution is 2.43. The van der Waals surface area contributed by atoms with Crippen LogP contribution in [0.25, 0.3) is 0 Å². The number of hydrogen-bond donors (Lipinski definition) is 2. The molecule has 3 atom stereocenters. The van der Waals surface area contributed by atoms with Crippen LogP contribution in [0, 0.1) is 11.6 Å². The van der Waals surface area contributed by atoms with Crippen LogP contribution in [0.5, 0.6) is 5.75 Å². The number of benzene rings is 2. The molecule has 1 heterocycles. The molecule has 0 aromatic heterocycles. The highest BCUT2D eigenvalue weighted by atomic mass is 19.1. The Morgan fingerprint density at radius 1 is 1.16 bits per heavy atom. The number of halogens is 2. The summed E-state index contributed by atoms with van der Waals surface area (Å²) in [6.07, 6.45) is 0.671. The van der Waals surface area contributed by atoms with E-state index in [4.69, 9.17) is 9.47 Å². The third-order valence-corrected chi connectivity index (χ3v) is 6.16. The molecule has 1 aliphatic heterocycles. The van der Waals surface area contributed by atoms with Crippen molar-refractivity contribution in [2.75, 3.05) is 47.0 Å². The molecule has 2 N–H and O–H groups in total. The van der Waals surface area contributed by atoms with E-state index in [-0.39, 0.29) is 23.6 Å². The number of morpholine rings is 1. The zero-order valence-corrected chi connectivity index (χ0v) is 18.5. The minimum Gasteiger partial charge on any atom is -0.497 e. The molecule has 2 aromatic rings. The van der Waals surface area contributed by atoms with E-state index in [9.17, 15) is 8.78 Å². The van der Waals surface area contributed by atoms with Gasteiger partial charge < -0.3 is 20.1 Å². The predicted octanol–water partition coefficient (Wildman–Crippen LogP) is 3.07. The molecule has 0 bridgehead atoms. The fourth-order valence-electron chi connectivity index (χ4n) is 4.28. The fourth-order valence-corrected chi connectivity index (χ4v) is 4.28. The van der Waals surface area contributed by atoms with Crippen LogP contribution in [0.4, 0.5) is 8.78 Å². The highest BCUT2D eigenvalue weighted by Gasteiger charge is 2.42. The molecule has 0 radical (unpaired) electrons. The molecule has 172 valence electrons. The van der Waals surface area contributed by atoms with E-state index >= 15 is 0 Å². The number of ether oxygens (including phenoxy) is 2. The largest absolute Gasteiger partial charge is 0.497 e. The first-order chi connectivity index (χ1) is 15.6. The van der Waals surface area contributed by atoms with E-state index < -0.39 is 11.6 Å². The standard InChI is InChI=1S/C24H30F2N4O2/c1-27-24(29-21-14-18(21)23-19(25)4-3-5-20(23)26)28-15-22(30-10-12-32-13-11-30)16-6-8-17(31-2)9-7-16/h3-9,18,21-22H,10-15H2,1-2H3,(H2,27,28,29). The smallest absolute Gasteiger partial charge is 0.191 e. The van der Waals surface area contributed by atoms with Crippen molar-refractivity contribution in [1.82, 2.24) is 15.5 Å². The zero-order chi connectivity index (χ0) is 22.5. The molecule has 0 spiro atoms. The summed E-state index contributed by atoms with van der Waals surface area (Å²) in [5, 5.41) is 6.72. The van der Waals surface area contributed by atoms with Gasteiger partial charge in [-0.2, -0.15) is 0 Å². The summed E-state index contributed by atoms with van der Waals surface area (Å²) in [6, 6.07) is 12.2. The molecular formula is C24H30F2N4O2. The maximum Gasteiger partial charge on any atom is 0.191 e. The average molecular weight is 445 g/mol. The first-order valence-electron chi connectivity index (χ1n) is 11.0. The normalized spacial score (nSPS) is 22.3. The summed E-state index contributed by atoms with van der Waals surface area (Å²) in [4.78, 5) is 6.71. The third-order valence-electron chi connectivity index (χ3n) is 6.16. The van der Waals surface area contributed by atoms with Crippen molar-refractivity contribution in [1.29, 1.82) is 0 Å². The molecule has 8 heteroatoms. The van der Waals surface area contributed by atoms with Gasteiger partial charge in [-0.1, -0.05) is 18.2 Å². The number of nitrogens with one attached hydrogen (secondary N) is 2. The number of hydrogen-bond acceptors (Lipinski definition) is 4. The van der Waals surface area contributed by atoms with Gasteiger partial charge >= 0.3 is 0 Å². The van der Waals surface area contributed by atoms with Gasteiger partial charge in [0.05, 0.1) is 26.4 Å². The van der Waals surface area contributed by atoms with Gasteiger partial charge in [-0.15, -0.1) is 0 Å². The van der Waals surface area contributed by atoms with E-state index in [2.05, 4.69) is 32.7 Å². The van der Waals surface area contributed by atoms with Crippen molar-refractivity contribution in [3.8, 4) is 5.75 Å². The monoisotopic (exact) mass is 444 g/mol. The summed E-state index contributed by atoms with van der Waals surface area (Å²) >= 11 is 0. The summed E-state index contributed by atoms with van der Waals surface area (Å²) in [6.45, 7) is 3.75. The maximum atomic E-state index is 14.1. The molecule has 2 aliphatic rings. The summed E-state index contributed by atoms with van der Waals surface area (Å²) < 4.78 is 39.0. The zero-order valence-electron chi connectivity index (χ0n) is 18.5.